The second-order valence-electron chi connectivity index (χ2n) is 10.4. The topological polar surface area (TPSA) is 0 Å². The zero-order valence-corrected chi connectivity index (χ0v) is 24.0. The maximum absolute atomic E-state index is 2.39. The molecule has 0 spiro atoms. The van der Waals surface area contributed by atoms with E-state index >= 15 is 0 Å². The fourth-order valence-electron chi connectivity index (χ4n) is 4.15. The summed E-state index contributed by atoms with van der Waals surface area (Å²) in [6.07, 6.45) is 0. The summed E-state index contributed by atoms with van der Waals surface area (Å²) in [5.74, 6) is 0. The van der Waals surface area contributed by atoms with E-state index in [2.05, 4.69) is 163 Å². The summed E-state index contributed by atoms with van der Waals surface area (Å²) in [5, 5.41) is 1.52. The Morgan fingerprint density at radius 3 is 0.861 bits per heavy atom. The van der Waals surface area contributed by atoms with Crippen LogP contribution in [0.1, 0.15) is 49.9 Å². The number of hydrogen-bond acceptors (Lipinski definition) is 0. The maximum atomic E-state index is 2.39. The smallest absolute Gasteiger partial charge is 0.0656 e. The molecule has 0 amide bonds. The van der Waals surface area contributed by atoms with Gasteiger partial charge in [-0.05, 0) is 72.2 Å². The van der Waals surface area contributed by atoms with Crippen LogP contribution in [0.4, 0.5) is 0 Å². The van der Waals surface area contributed by atoms with Crippen LogP contribution in [0.15, 0.2) is 115 Å². The zero-order valence-electron chi connectivity index (χ0n) is 23.0. The van der Waals surface area contributed by atoms with Crippen molar-refractivity contribution >= 4 is 35.6 Å². The predicted molar refractivity (Wildman–Crippen MR) is 165 cm³/mol. The van der Waals surface area contributed by atoms with Crippen molar-refractivity contribution < 1.29 is 0 Å². The lowest BCUT2D eigenvalue weighted by atomic mass is 9.97. The number of rotatable bonds is 5. The summed E-state index contributed by atoms with van der Waals surface area (Å²) >= 11 is 0. The van der Waals surface area contributed by atoms with Crippen LogP contribution in [0.25, 0.3) is 22.3 Å². The molecule has 36 heavy (non-hydrogen) atoms. The minimum atomic E-state index is -1.20. The largest absolute Gasteiger partial charge is 0.0775 e. The van der Waals surface area contributed by atoms with Crippen LogP contribution >= 0.6 is 0 Å². The van der Waals surface area contributed by atoms with Gasteiger partial charge in [-0.1, -0.05) is 140 Å². The normalized spacial score (nSPS) is 12.6. The lowest BCUT2D eigenvalue weighted by molar-refractivity contribution is 1.51. The highest BCUT2D eigenvalue weighted by Gasteiger charge is 2.15. The van der Waals surface area contributed by atoms with Crippen molar-refractivity contribution in [3.05, 3.63) is 138 Å². The first-order valence-corrected chi connectivity index (χ1v) is 16.3. The van der Waals surface area contributed by atoms with Gasteiger partial charge in [0.1, 0.15) is 0 Å². The van der Waals surface area contributed by atoms with E-state index in [9.17, 15) is 0 Å². The molecule has 0 aliphatic rings. The highest BCUT2D eigenvalue weighted by molar-refractivity contribution is 6.88. The van der Waals surface area contributed by atoms with Gasteiger partial charge >= 0.3 is 0 Å². The van der Waals surface area contributed by atoms with Crippen molar-refractivity contribution in [1.29, 1.82) is 0 Å². The molecule has 0 aliphatic carbocycles. The molecule has 4 aromatic rings. The van der Waals surface area contributed by atoms with E-state index in [0.717, 1.165) is 0 Å². The van der Waals surface area contributed by atoms with Gasteiger partial charge in [0.15, 0.2) is 0 Å². The highest BCUT2D eigenvalue weighted by atomic mass is 28.3. The van der Waals surface area contributed by atoms with Crippen LogP contribution in [0.3, 0.4) is 0 Å². The van der Waals surface area contributed by atoms with Crippen molar-refractivity contribution in [1.82, 2.24) is 0 Å². The lowest BCUT2D eigenvalue weighted by Gasteiger charge is -2.17. The third kappa shape index (κ3) is 7.29. The van der Waals surface area contributed by atoms with Crippen LogP contribution in [0, 0.1) is 0 Å². The van der Waals surface area contributed by atoms with Gasteiger partial charge in [-0.2, -0.15) is 0 Å². The maximum Gasteiger partial charge on any atom is 0.0775 e. The van der Waals surface area contributed by atoms with Crippen molar-refractivity contribution in [2.75, 3.05) is 0 Å². The van der Waals surface area contributed by atoms with Gasteiger partial charge in [0.25, 0.3) is 0 Å². The standard InChI is InChI=1S/C19H24Si.C16H16/c1-15(17-9-7-6-8-10-17)16(2)18-11-13-19(14-12-18)20(3,4)5;1-13(15-9-5-3-6-10-15)14(2)16-11-7-4-8-12-16/h6-14H,1-5H3;3-12H,1-2H3/b16-15-;14-13-. The van der Waals surface area contributed by atoms with Crippen molar-refractivity contribution in [3.8, 4) is 0 Å². The highest BCUT2D eigenvalue weighted by Crippen LogP contribution is 2.26. The van der Waals surface area contributed by atoms with Crippen LogP contribution in [-0.4, -0.2) is 8.07 Å². The summed E-state index contributed by atoms with van der Waals surface area (Å²) in [5.41, 5.74) is 10.6. The molecule has 0 aliphatic heterocycles. The molecule has 184 valence electrons. The van der Waals surface area contributed by atoms with Crippen molar-refractivity contribution in [2.45, 2.75) is 47.3 Å². The molecule has 0 N–H and O–H groups in total. The molecular weight excluding hydrogens is 448 g/mol. The lowest BCUT2D eigenvalue weighted by Crippen LogP contribution is -2.37. The van der Waals surface area contributed by atoms with Crippen LogP contribution in [-0.2, 0) is 0 Å². The van der Waals surface area contributed by atoms with Gasteiger partial charge in [0.2, 0.25) is 0 Å². The fourth-order valence-corrected chi connectivity index (χ4v) is 5.32. The van der Waals surface area contributed by atoms with Crippen LogP contribution in [0.2, 0.25) is 19.6 Å². The molecule has 4 aromatic carbocycles. The van der Waals surface area contributed by atoms with E-state index in [1.807, 2.05) is 0 Å². The van der Waals surface area contributed by atoms with Crippen LogP contribution < -0.4 is 5.19 Å². The molecule has 0 aromatic heterocycles. The SMILES string of the molecule is C/C(=C(\C)c1ccc([Si](C)(C)C)cc1)c1ccccc1.C/C(=C(\C)c1ccccc1)c1ccccc1. The summed E-state index contributed by atoms with van der Waals surface area (Å²) < 4.78 is 0. The van der Waals surface area contributed by atoms with E-state index in [-0.39, 0.29) is 0 Å². The van der Waals surface area contributed by atoms with Gasteiger partial charge in [-0.15, -0.1) is 0 Å². The molecule has 0 nitrogen and oxygen atoms in total. The van der Waals surface area contributed by atoms with Gasteiger partial charge in [-0.3, -0.25) is 0 Å². The summed E-state index contributed by atoms with van der Waals surface area (Å²) in [6.45, 7) is 15.9. The Bertz CT molecular complexity index is 1240. The average molecular weight is 489 g/mol. The Kier molecular flexibility index (Phi) is 9.44. The van der Waals surface area contributed by atoms with Gasteiger partial charge in [0, 0.05) is 0 Å². The molecule has 0 atom stereocenters. The van der Waals surface area contributed by atoms with Crippen LogP contribution in [0.5, 0.6) is 0 Å². The Hall–Kier alpha value is -3.42. The van der Waals surface area contributed by atoms with E-state index in [4.69, 9.17) is 0 Å². The van der Waals surface area contributed by atoms with Gasteiger partial charge < -0.3 is 0 Å². The predicted octanol–water partition coefficient (Wildman–Crippen LogP) is 9.82. The van der Waals surface area contributed by atoms with E-state index in [1.54, 1.807) is 0 Å². The van der Waals surface area contributed by atoms with E-state index in [0.29, 0.717) is 0 Å². The number of hydrogen-bond donors (Lipinski definition) is 0. The van der Waals surface area contributed by atoms with Crippen molar-refractivity contribution in [3.63, 3.8) is 0 Å². The molecule has 4 rings (SSSR count). The number of allylic oxidation sites excluding steroid dienone is 4. The second kappa shape index (κ2) is 12.5. The first-order chi connectivity index (χ1) is 17.2. The minimum Gasteiger partial charge on any atom is -0.0656 e. The monoisotopic (exact) mass is 488 g/mol. The molecule has 0 unspecified atom stereocenters. The minimum absolute atomic E-state index is 1.20. The van der Waals surface area contributed by atoms with Crippen molar-refractivity contribution in [2.24, 2.45) is 0 Å². The third-order valence-electron chi connectivity index (χ3n) is 6.93. The first-order valence-electron chi connectivity index (χ1n) is 12.8. The molecule has 0 saturated heterocycles. The Morgan fingerprint density at radius 2 is 0.611 bits per heavy atom. The second-order valence-corrected chi connectivity index (χ2v) is 15.5. The molecule has 0 fully saturated rings. The van der Waals surface area contributed by atoms with Gasteiger partial charge in [-0.25, -0.2) is 0 Å². The Morgan fingerprint density at radius 1 is 0.361 bits per heavy atom. The van der Waals surface area contributed by atoms with Gasteiger partial charge in [0.05, 0.1) is 8.07 Å². The Balaban J connectivity index is 0.000000205. The quantitative estimate of drug-likeness (QED) is 0.194. The Labute approximate surface area is 220 Å². The summed E-state index contributed by atoms with van der Waals surface area (Å²) in [7, 11) is -1.20. The molecule has 1 heteroatoms. The summed E-state index contributed by atoms with van der Waals surface area (Å²) in [6, 6.07) is 40.8. The third-order valence-corrected chi connectivity index (χ3v) is 8.99. The zero-order chi connectivity index (χ0) is 26.1. The molecule has 0 radical (unpaired) electrons. The average Bonchev–Trinajstić information content (AvgIpc) is 2.93. The molecule has 0 heterocycles. The molecule has 0 bridgehead atoms. The van der Waals surface area contributed by atoms with E-state index < -0.39 is 8.07 Å². The molecular formula is C35H40Si. The summed E-state index contributed by atoms with van der Waals surface area (Å²) in [4.78, 5) is 0. The van der Waals surface area contributed by atoms with E-state index in [1.165, 1.54) is 49.7 Å². The fraction of sp³-hybridized carbons (Fsp3) is 0.200. The molecule has 0 saturated carbocycles. The number of benzene rings is 4. The first kappa shape index (κ1) is 27.2.